The number of carbonyl (C=O) groups excluding carboxylic acids is 1. The average molecular weight is 388 g/mol. The summed E-state index contributed by atoms with van der Waals surface area (Å²) in [6.45, 7) is 4.62. The Labute approximate surface area is 170 Å². The van der Waals surface area contributed by atoms with Crippen molar-refractivity contribution >= 4 is 28.8 Å². The number of nitrogens with one attached hydrogen (secondary N) is 2. The number of nitriles is 1. The second-order valence-corrected chi connectivity index (χ2v) is 7.42. The minimum absolute atomic E-state index is 0.0266. The number of aromatic nitrogens is 2. The van der Waals surface area contributed by atoms with Crippen LogP contribution in [0.5, 0.6) is 0 Å². The number of allylic oxidation sites excluding steroid dienone is 1. The van der Waals surface area contributed by atoms with Crippen molar-refractivity contribution in [1.29, 1.82) is 5.26 Å². The lowest BCUT2D eigenvalue weighted by molar-refractivity contribution is -0.119. The normalized spacial score (nSPS) is 17.5. The van der Waals surface area contributed by atoms with Gasteiger partial charge in [0, 0.05) is 18.7 Å². The molecule has 1 saturated carbocycles. The van der Waals surface area contributed by atoms with E-state index in [1.54, 1.807) is 6.20 Å². The molecule has 0 radical (unpaired) electrons. The van der Waals surface area contributed by atoms with Crippen molar-refractivity contribution in [2.24, 2.45) is 5.92 Å². The number of rotatable bonds is 4. The van der Waals surface area contributed by atoms with Gasteiger partial charge in [-0.2, -0.15) is 5.26 Å². The molecule has 0 saturated heterocycles. The molecule has 148 valence electrons. The van der Waals surface area contributed by atoms with Crippen LogP contribution in [0, 0.1) is 24.2 Å². The summed E-state index contributed by atoms with van der Waals surface area (Å²) in [5, 5.41) is 16.2. The number of nitrogens with zero attached hydrogens (tertiary/aromatic N) is 4. The van der Waals surface area contributed by atoms with Gasteiger partial charge in [0.1, 0.15) is 17.5 Å². The van der Waals surface area contributed by atoms with Gasteiger partial charge in [-0.05, 0) is 44.4 Å². The zero-order chi connectivity index (χ0) is 20.4. The van der Waals surface area contributed by atoms with E-state index < -0.39 is 0 Å². The molecule has 7 heteroatoms. The highest BCUT2D eigenvalue weighted by molar-refractivity contribution is 5.93. The van der Waals surface area contributed by atoms with Crippen molar-refractivity contribution in [1.82, 2.24) is 9.97 Å². The maximum atomic E-state index is 12.5. The summed E-state index contributed by atoms with van der Waals surface area (Å²) in [6, 6.07) is 10.3. The van der Waals surface area contributed by atoms with E-state index in [4.69, 9.17) is 0 Å². The number of amides is 1. The molecule has 1 aromatic heterocycles. The van der Waals surface area contributed by atoms with Gasteiger partial charge in [0.15, 0.2) is 0 Å². The van der Waals surface area contributed by atoms with Crippen LogP contribution in [0.4, 0.5) is 17.3 Å². The lowest BCUT2D eigenvalue weighted by Crippen LogP contribution is -2.23. The zero-order valence-corrected chi connectivity index (χ0v) is 16.7. The second-order valence-electron chi connectivity index (χ2n) is 7.42. The number of aryl methyl sites for hydroxylation is 1. The van der Waals surface area contributed by atoms with Crippen LogP contribution in [-0.2, 0) is 4.79 Å². The Morgan fingerprint density at radius 3 is 2.83 bits per heavy atom. The van der Waals surface area contributed by atoms with Gasteiger partial charge in [-0.3, -0.25) is 10.1 Å². The lowest BCUT2D eigenvalue weighted by Gasteiger charge is -2.19. The minimum Gasteiger partial charge on any atom is -0.339 e. The first-order valence-corrected chi connectivity index (χ1v) is 10.0. The molecule has 2 aromatic rings. The van der Waals surface area contributed by atoms with Crippen molar-refractivity contribution < 1.29 is 4.79 Å². The minimum atomic E-state index is -0.0370. The van der Waals surface area contributed by atoms with E-state index in [0.29, 0.717) is 23.6 Å². The summed E-state index contributed by atoms with van der Waals surface area (Å²) in [7, 11) is 0. The van der Waals surface area contributed by atoms with Crippen LogP contribution in [0.15, 0.2) is 36.3 Å². The smallest absolute Gasteiger partial charge is 0.229 e. The Morgan fingerprint density at radius 2 is 2.10 bits per heavy atom. The van der Waals surface area contributed by atoms with Crippen molar-refractivity contribution in [2.45, 2.75) is 39.5 Å². The highest BCUT2D eigenvalue weighted by Crippen LogP contribution is 2.38. The van der Waals surface area contributed by atoms with E-state index >= 15 is 0 Å². The van der Waals surface area contributed by atoms with Crippen LogP contribution in [0.1, 0.15) is 43.9 Å². The fraction of sp³-hybridized carbons (Fsp3) is 0.364. The summed E-state index contributed by atoms with van der Waals surface area (Å²) in [4.78, 5) is 23.3. The van der Waals surface area contributed by atoms with E-state index in [9.17, 15) is 10.1 Å². The van der Waals surface area contributed by atoms with E-state index in [1.807, 2.05) is 38.1 Å². The van der Waals surface area contributed by atoms with Crippen molar-refractivity contribution in [3.8, 4) is 6.07 Å². The van der Waals surface area contributed by atoms with Gasteiger partial charge in [0.25, 0.3) is 0 Å². The third kappa shape index (κ3) is 3.54. The molecular weight excluding hydrogens is 364 g/mol. The Morgan fingerprint density at radius 1 is 1.34 bits per heavy atom. The average Bonchev–Trinajstić information content (AvgIpc) is 3.38. The van der Waals surface area contributed by atoms with Crippen molar-refractivity contribution in [3.63, 3.8) is 0 Å². The highest BCUT2D eigenvalue weighted by Gasteiger charge is 2.28. The van der Waals surface area contributed by atoms with Gasteiger partial charge >= 0.3 is 0 Å². The zero-order valence-electron chi connectivity index (χ0n) is 16.7. The van der Waals surface area contributed by atoms with Gasteiger partial charge in [-0.1, -0.05) is 25.0 Å². The molecule has 2 heterocycles. The van der Waals surface area contributed by atoms with Crippen LogP contribution in [-0.4, -0.2) is 22.4 Å². The van der Waals surface area contributed by atoms with Crippen LogP contribution >= 0.6 is 0 Å². The highest BCUT2D eigenvalue weighted by atomic mass is 16.2. The standard InChI is InChI=1S/C22H24N6O/c1-3-28-18-11-7-6-10-17(18)25-20(28)16(12-23)19-14(2)13-24-22(26-19)27-21(29)15-8-4-5-9-15/h6-7,10-11,13,15,25H,3-5,8-9H2,1-2H3,(H,24,26,27,29)/b20-16+. The summed E-state index contributed by atoms with van der Waals surface area (Å²) in [6.07, 6.45) is 5.64. The van der Waals surface area contributed by atoms with Gasteiger partial charge in [0.2, 0.25) is 11.9 Å². The van der Waals surface area contributed by atoms with Crippen molar-refractivity contribution in [2.75, 3.05) is 22.1 Å². The van der Waals surface area contributed by atoms with Crippen LogP contribution in [0.3, 0.4) is 0 Å². The summed E-state index contributed by atoms with van der Waals surface area (Å²) in [5.41, 5.74) is 3.72. The number of benzene rings is 1. The molecule has 7 nitrogen and oxygen atoms in total. The first-order valence-electron chi connectivity index (χ1n) is 10.0. The van der Waals surface area contributed by atoms with Gasteiger partial charge < -0.3 is 10.2 Å². The Balaban J connectivity index is 1.70. The Bertz CT molecular complexity index is 1020. The monoisotopic (exact) mass is 388 g/mol. The predicted molar refractivity (Wildman–Crippen MR) is 113 cm³/mol. The molecule has 1 aliphatic carbocycles. The number of carbonyl (C=O) groups is 1. The third-order valence-electron chi connectivity index (χ3n) is 5.55. The quantitative estimate of drug-likeness (QED) is 0.767. The van der Waals surface area contributed by atoms with Crippen LogP contribution < -0.4 is 15.5 Å². The van der Waals surface area contributed by atoms with Crippen molar-refractivity contribution in [3.05, 3.63) is 47.5 Å². The first-order chi connectivity index (χ1) is 14.1. The first kappa shape index (κ1) is 18.9. The molecule has 29 heavy (non-hydrogen) atoms. The molecule has 2 N–H and O–H groups in total. The molecule has 0 spiro atoms. The van der Waals surface area contributed by atoms with E-state index in [2.05, 4.69) is 31.6 Å². The Kier molecular flexibility index (Phi) is 5.17. The molecule has 1 fully saturated rings. The molecule has 0 atom stereocenters. The molecule has 2 aliphatic rings. The topological polar surface area (TPSA) is 93.9 Å². The fourth-order valence-electron chi connectivity index (χ4n) is 4.03. The lowest BCUT2D eigenvalue weighted by atomic mass is 10.1. The fourth-order valence-corrected chi connectivity index (χ4v) is 4.03. The van der Waals surface area contributed by atoms with E-state index in [1.165, 1.54) is 0 Å². The Hall–Kier alpha value is -3.40. The van der Waals surface area contributed by atoms with Gasteiger partial charge in [-0.25, -0.2) is 9.97 Å². The number of fused-ring (bicyclic) bond motifs is 1. The SMILES string of the molecule is CCN1/C(=C(\C#N)c2nc(NC(=O)C3CCCC3)ncc2C)Nc2ccccc21. The van der Waals surface area contributed by atoms with Gasteiger partial charge in [0.05, 0.1) is 17.1 Å². The maximum Gasteiger partial charge on any atom is 0.229 e. The number of hydrogen-bond acceptors (Lipinski definition) is 6. The summed E-state index contributed by atoms with van der Waals surface area (Å²) < 4.78 is 0. The number of para-hydroxylation sites is 2. The summed E-state index contributed by atoms with van der Waals surface area (Å²) >= 11 is 0. The molecular formula is C22H24N6O. The largest absolute Gasteiger partial charge is 0.339 e. The molecule has 4 rings (SSSR count). The van der Waals surface area contributed by atoms with E-state index in [0.717, 1.165) is 42.6 Å². The molecule has 0 unspecified atom stereocenters. The molecule has 1 aromatic carbocycles. The maximum absolute atomic E-state index is 12.5. The summed E-state index contributed by atoms with van der Waals surface area (Å²) in [5.74, 6) is 0.934. The predicted octanol–water partition coefficient (Wildman–Crippen LogP) is 4.06. The molecule has 1 amide bonds. The molecule has 1 aliphatic heterocycles. The van der Waals surface area contributed by atoms with Crippen LogP contribution in [0.25, 0.3) is 5.57 Å². The van der Waals surface area contributed by atoms with E-state index in [-0.39, 0.29) is 17.8 Å². The third-order valence-corrected chi connectivity index (χ3v) is 5.55. The second kappa shape index (κ2) is 7.92. The number of anilines is 3. The van der Waals surface area contributed by atoms with Gasteiger partial charge in [-0.15, -0.1) is 0 Å². The number of hydrogen-bond donors (Lipinski definition) is 2. The molecule has 0 bridgehead atoms. The van der Waals surface area contributed by atoms with Crippen LogP contribution in [0.2, 0.25) is 0 Å².